The van der Waals surface area contributed by atoms with E-state index in [9.17, 15) is 4.79 Å². The number of likely N-dealkylation sites (N-methyl/N-ethyl adjacent to an activating group) is 1. The summed E-state index contributed by atoms with van der Waals surface area (Å²) < 4.78 is 0.673. The first-order chi connectivity index (χ1) is 11.0. The van der Waals surface area contributed by atoms with Crippen molar-refractivity contribution < 1.29 is 9.28 Å². The number of hydrogen-bond donors (Lipinski definition) is 1. The van der Waals surface area contributed by atoms with Gasteiger partial charge in [0.05, 0.1) is 14.1 Å². The largest absolute Gasteiger partial charge is 0.351 e. The van der Waals surface area contributed by atoms with Crippen LogP contribution in [0.3, 0.4) is 0 Å². The van der Waals surface area contributed by atoms with Gasteiger partial charge in [0, 0.05) is 12.1 Å². The van der Waals surface area contributed by atoms with E-state index in [4.69, 9.17) is 0 Å². The van der Waals surface area contributed by atoms with Crippen molar-refractivity contribution in [1.29, 1.82) is 0 Å². The Hall–Kier alpha value is -1.35. The summed E-state index contributed by atoms with van der Waals surface area (Å²) in [7, 11) is 4.25. The smallest absolute Gasteiger partial charge is 0.278 e. The molecule has 1 unspecified atom stereocenters. The minimum absolute atomic E-state index is 0.0460. The normalized spacial score (nSPS) is 12.9. The predicted molar refractivity (Wildman–Crippen MR) is 98.1 cm³/mol. The van der Waals surface area contributed by atoms with Crippen LogP contribution in [0.5, 0.6) is 0 Å². The Labute approximate surface area is 142 Å². The van der Waals surface area contributed by atoms with E-state index < -0.39 is 0 Å². The summed E-state index contributed by atoms with van der Waals surface area (Å²) in [5.74, 6) is 0.166. The van der Waals surface area contributed by atoms with Crippen LogP contribution in [-0.4, -0.2) is 37.1 Å². The van der Waals surface area contributed by atoms with Gasteiger partial charge in [0.25, 0.3) is 5.91 Å². The molecule has 0 aromatic heterocycles. The molecule has 1 atom stereocenters. The highest BCUT2D eigenvalue weighted by Gasteiger charge is 2.30. The second-order valence-electron chi connectivity index (χ2n) is 7.16. The monoisotopic (exact) mass is 319 g/mol. The second kappa shape index (κ2) is 10.4. The molecule has 0 saturated heterocycles. The van der Waals surface area contributed by atoms with Crippen molar-refractivity contribution >= 4 is 5.91 Å². The molecule has 1 aromatic carbocycles. The first kappa shape index (κ1) is 19.7. The third-order valence-electron chi connectivity index (χ3n) is 4.69. The van der Waals surface area contributed by atoms with Crippen LogP contribution in [0.4, 0.5) is 0 Å². The maximum absolute atomic E-state index is 12.4. The Bertz CT molecular complexity index is 442. The Kier molecular flexibility index (Phi) is 8.93. The highest BCUT2D eigenvalue weighted by atomic mass is 16.2. The lowest BCUT2D eigenvalue weighted by Gasteiger charge is -2.35. The second-order valence-corrected chi connectivity index (χ2v) is 7.16. The van der Waals surface area contributed by atoms with Crippen molar-refractivity contribution in [2.45, 2.75) is 65.0 Å². The van der Waals surface area contributed by atoms with Crippen LogP contribution in [0.2, 0.25) is 0 Å². The molecule has 1 N–H and O–H groups in total. The van der Waals surface area contributed by atoms with E-state index in [-0.39, 0.29) is 11.9 Å². The van der Waals surface area contributed by atoms with Gasteiger partial charge in [-0.2, -0.15) is 0 Å². The number of hydrogen-bond acceptors (Lipinski definition) is 1. The molecule has 0 saturated carbocycles. The number of quaternary nitrogens is 1. The van der Waals surface area contributed by atoms with Crippen molar-refractivity contribution in [3.63, 3.8) is 0 Å². The van der Waals surface area contributed by atoms with Gasteiger partial charge >= 0.3 is 0 Å². The number of unbranched alkanes of at least 4 members (excludes halogenated alkanes) is 5. The summed E-state index contributed by atoms with van der Waals surface area (Å²) in [6.07, 6.45) is 7.53. The van der Waals surface area contributed by atoms with Gasteiger partial charge in [-0.3, -0.25) is 4.79 Å². The zero-order valence-electron chi connectivity index (χ0n) is 15.5. The Morgan fingerprint density at radius 1 is 1.04 bits per heavy atom. The summed E-state index contributed by atoms with van der Waals surface area (Å²) in [4.78, 5) is 12.4. The van der Waals surface area contributed by atoms with Gasteiger partial charge < -0.3 is 9.80 Å². The molecule has 0 spiro atoms. The van der Waals surface area contributed by atoms with Crippen molar-refractivity contribution in [2.24, 2.45) is 0 Å². The van der Waals surface area contributed by atoms with Crippen LogP contribution < -0.4 is 5.32 Å². The third kappa shape index (κ3) is 7.65. The number of carbonyl (C=O) groups excluding carboxylic acids is 1. The molecule has 130 valence electrons. The van der Waals surface area contributed by atoms with Crippen LogP contribution in [0, 0.1) is 0 Å². The van der Waals surface area contributed by atoms with E-state index in [1.807, 2.05) is 13.0 Å². The number of nitrogens with one attached hydrogen (secondary N) is 1. The molecule has 23 heavy (non-hydrogen) atoms. The zero-order valence-corrected chi connectivity index (χ0v) is 15.5. The fraction of sp³-hybridized carbons (Fsp3) is 0.650. The number of benzene rings is 1. The maximum atomic E-state index is 12.4. The van der Waals surface area contributed by atoms with Crippen LogP contribution >= 0.6 is 0 Å². The minimum atomic E-state index is -0.0460. The molecule has 1 aromatic rings. The van der Waals surface area contributed by atoms with Crippen LogP contribution in [0.1, 0.15) is 57.9 Å². The first-order valence-corrected chi connectivity index (χ1v) is 9.11. The SMILES string of the molecule is CCCCCCCCNC(=O)C(C)[N+](C)(C)Cc1ccccc1. The molecule has 0 radical (unpaired) electrons. The van der Waals surface area contributed by atoms with Crippen molar-refractivity contribution in [2.75, 3.05) is 20.6 Å². The van der Waals surface area contributed by atoms with E-state index in [1.165, 1.54) is 37.7 Å². The molecule has 1 amide bonds. The van der Waals surface area contributed by atoms with Gasteiger partial charge in [0.15, 0.2) is 6.04 Å². The Morgan fingerprint density at radius 3 is 2.30 bits per heavy atom. The van der Waals surface area contributed by atoms with E-state index in [0.29, 0.717) is 4.48 Å². The lowest BCUT2D eigenvalue weighted by Crippen LogP contribution is -2.54. The van der Waals surface area contributed by atoms with E-state index in [2.05, 4.69) is 50.6 Å². The molecule has 3 heteroatoms. The zero-order chi connectivity index (χ0) is 17.1. The van der Waals surface area contributed by atoms with Crippen molar-refractivity contribution in [3.05, 3.63) is 35.9 Å². The molecule has 0 heterocycles. The van der Waals surface area contributed by atoms with Gasteiger partial charge in [0.1, 0.15) is 6.54 Å². The maximum Gasteiger partial charge on any atom is 0.278 e. The quantitative estimate of drug-likeness (QED) is 0.482. The average Bonchev–Trinajstić information content (AvgIpc) is 2.53. The average molecular weight is 320 g/mol. The number of carbonyl (C=O) groups is 1. The molecule has 0 aliphatic carbocycles. The first-order valence-electron chi connectivity index (χ1n) is 9.11. The number of amides is 1. The van der Waals surface area contributed by atoms with Crippen LogP contribution in [0.25, 0.3) is 0 Å². The van der Waals surface area contributed by atoms with E-state index in [0.717, 1.165) is 19.5 Å². The molecule has 0 aliphatic heterocycles. The lowest BCUT2D eigenvalue weighted by molar-refractivity contribution is -0.917. The van der Waals surface area contributed by atoms with E-state index >= 15 is 0 Å². The Morgan fingerprint density at radius 2 is 1.65 bits per heavy atom. The summed E-state index contributed by atoms with van der Waals surface area (Å²) in [6, 6.07) is 10.3. The van der Waals surface area contributed by atoms with Crippen molar-refractivity contribution in [3.8, 4) is 0 Å². The van der Waals surface area contributed by atoms with Crippen molar-refractivity contribution in [1.82, 2.24) is 5.32 Å². The molecular weight excluding hydrogens is 284 g/mol. The standard InChI is InChI=1S/C20H34N2O/c1-5-6-7-8-9-13-16-21-20(23)18(2)22(3,4)17-19-14-11-10-12-15-19/h10-12,14-15,18H,5-9,13,16-17H2,1-4H3/p+1. The predicted octanol–water partition coefficient (Wildman–Crippen LogP) is 4.13. The highest BCUT2D eigenvalue weighted by Crippen LogP contribution is 2.14. The topological polar surface area (TPSA) is 29.1 Å². The van der Waals surface area contributed by atoms with E-state index in [1.54, 1.807) is 0 Å². The summed E-state index contributed by atoms with van der Waals surface area (Å²) >= 11 is 0. The lowest BCUT2D eigenvalue weighted by atomic mass is 10.1. The molecule has 0 bridgehead atoms. The van der Waals surface area contributed by atoms with Gasteiger partial charge in [0.2, 0.25) is 0 Å². The fourth-order valence-corrected chi connectivity index (χ4v) is 2.77. The summed E-state index contributed by atoms with van der Waals surface area (Å²) in [5, 5.41) is 3.11. The van der Waals surface area contributed by atoms with Gasteiger partial charge in [-0.15, -0.1) is 0 Å². The molecule has 1 rings (SSSR count). The highest BCUT2D eigenvalue weighted by molar-refractivity contribution is 5.80. The minimum Gasteiger partial charge on any atom is -0.351 e. The molecular formula is C20H35N2O+. The number of rotatable bonds is 11. The van der Waals surface area contributed by atoms with Gasteiger partial charge in [-0.05, 0) is 13.3 Å². The third-order valence-corrected chi connectivity index (χ3v) is 4.69. The molecule has 0 aliphatic rings. The molecule has 0 fully saturated rings. The Balaban J connectivity index is 2.31. The van der Waals surface area contributed by atoms with Gasteiger partial charge in [-0.1, -0.05) is 69.4 Å². The fourth-order valence-electron chi connectivity index (χ4n) is 2.77. The molecule has 3 nitrogen and oxygen atoms in total. The van der Waals surface area contributed by atoms with Crippen LogP contribution in [-0.2, 0) is 11.3 Å². The number of nitrogens with zero attached hydrogens (tertiary/aromatic N) is 1. The van der Waals surface area contributed by atoms with Crippen LogP contribution in [0.15, 0.2) is 30.3 Å². The summed E-state index contributed by atoms with van der Waals surface area (Å²) in [6.45, 7) is 5.93. The summed E-state index contributed by atoms with van der Waals surface area (Å²) in [5.41, 5.74) is 1.27. The van der Waals surface area contributed by atoms with Gasteiger partial charge in [-0.25, -0.2) is 0 Å².